The van der Waals surface area contributed by atoms with Crippen molar-refractivity contribution in [1.29, 1.82) is 0 Å². The number of halogens is 1. The monoisotopic (exact) mass is 385 g/mol. The van der Waals surface area contributed by atoms with Crippen LogP contribution in [0.2, 0.25) is 5.02 Å². The number of nitrogens with zero attached hydrogens (tertiary/aromatic N) is 5. The van der Waals surface area contributed by atoms with E-state index in [-0.39, 0.29) is 11.9 Å². The Bertz CT molecular complexity index is 932. The van der Waals surface area contributed by atoms with E-state index in [1.807, 2.05) is 56.8 Å². The smallest absolute Gasteiger partial charge is 0.245 e. The van der Waals surface area contributed by atoms with Gasteiger partial charge in [0.25, 0.3) is 0 Å². The minimum Gasteiger partial charge on any atom is -0.340 e. The Morgan fingerprint density at radius 2 is 2.04 bits per heavy atom. The molecule has 6 nitrogen and oxygen atoms in total. The third-order valence-corrected chi connectivity index (χ3v) is 5.28. The predicted octanol–water partition coefficient (Wildman–Crippen LogP) is 3.62. The molecular formula is C20H24ClN5O. The summed E-state index contributed by atoms with van der Waals surface area (Å²) < 4.78 is 3.75. The lowest BCUT2D eigenvalue weighted by molar-refractivity contribution is -0.133. The fourth-order valence-electron chi connectivity index (χ4n) is 3.16. The number of aryl methyl sites for hydroxylation is 1. The number of hydrogen-bond acceptors (Lipinski definition) is 3. The highest BCUT2D eigenvalue weighted by atomic mass is 35.5. The molecule has 0 aliphatic heterocycles. The summed E-state index contributed by atoms with van der Waals surface area (Å²) in [5.41, 5.74) is 4.06. The number of aromatic nitrogens is 4. The number of imidazole rings is 1. The number of rotatable bonds is 6. The standard InChI is InChI=1S/C20H24ClN5O/c1-14-18(12-24(4)20(27)16(3)25-10-9-22-13-25)15(2)26(23-14)11-17-7-5-6-8-19(17)21/h5-10,13,16H,11-12H2,1-4H3. The van der Waals surface area contributed by atoms with Crippen molar-refractivity contribution in [3.63, 3.8) is 0 Å². The normalized spacial score (nSPS) is 12.2. The Morgan fingerprint density at radius 3 is 2.70 bits per heavy atom. The molecule has 27 heavy (non-hydrogen) atoms. The number of benzene rings is 1. The zero-order valence-corrected chi connectivity index (χ0v) is 16.8. The van der Waals surface area contributed by atoms with Crippen LogP contribution in [-0.2, 0) is 17.9 Å². The van der Waals surface area contributed by atoms with Crippen LogP contribution in [-0.4, -0.2) is 37.2 Å². The van der Waals surface area contributed by atoms with Crippen molar-refractivity contribution >= 4 is 17.5 Å². The summed E-state index contributed by atoms with van der Waals surface area (Å²) >= 11 is 6.28. The van der Waals surface area contributed by atoms with E-state index >= 15 is 0 Å². The minimum atomic E-state index is -0.295. The van der Waals surface area contributed by atoms with Gasteiger partial charge in [-0.05, 0) is 32.4 Å². The lowest BCUT2D eigenvalue weighted by Crippen LogP contribution is -2.32. The third kappa shape index (κ3) is 4.06. The summed E-state index contributed by atoms with van der Waals surface area (Å²) in [5.74, 6) is 0.0330. The van der Waals surface area contributed by atoms with Crippen LogP contribution in [0, 0.1) is 13.8 Å². The van der Waals surface area contributed by atoms with Crippen LogP contribution in [0.3, 0.4) is 0 Å². The maximum Gasteiger partial charge on any atom is 0.245 e. The van der Waals surface area contributed by atoms with E-state index in [4.69, 9.17) is 11.6 Å². The van der Waals surface area contributed by atoms with Gasteiger partial charge in [-0.1, -0.05) is 29.8 Å². The van der Waals surface area contributed by atoms with E-state index < -0.39 is 0 Å². The average Bonchev–Trinajstić information content (AvgIpc) is 3.27. The molecule has 0 bridgehead atoms. The van der Waals surface area contributed by atoms with Crippen molar-refractivity contribution in [1.82, 2.24) is 24.2 Å². The van der Waals surface area contributed by atoms with Gasteiger partial charge in [-0.2, -0.15) is 5.10 Å². The highest BCUT2D eigenvalue weighted by molar-refractivity contribution is 6.31. The molecule has 1 amide bonds. The van der Waals surface area contributed by atoms with Gasteiger partial charge in [0, 0.05) is 42.3 Å². The molecule has 1 atom stereocenters. The lowest BCUT2D eigenvalue weighted by Gasteiger charge is -2.22. The molecule has 1 unspecified atom stereocenters. The van der Waals surface area contributed by atoms with Crippen molar-refractivity contribution in [3.8, 4) is 0 Å². The zero-order valence-electron chi connectivity index (χ0n) is 16.1. The van der Waals surface area contributed by atoms with Crippen molar-refractivity contribution < 1.29 is 4.79 Å². The Labute approximate surface area is 164 Å². The van der Waals surface area contributed by atoms with Gasteiger partial charge in [0.05, 0.1) is 18.6 Å². The third-order valence-electron chi connectivity index (χ3n) is 4.91. The Kier molecular flexibility index (Phi) is 5.65. The van der Waals surface area contributed by atoms with Crippen LogP contribution < -0.4 is 0 Å². The zero-order chi connectivity index (χ0) is 19.6. The maximum atomic E-state index is 12.7. The van der Waals surface area contributed by atoms with Gasteiger partial charge in [-0.15, -0.1) is 0 Å². The molecule has 0 spiro atoms. The number of amides is 1. The molecular weight excluding hydrogens is 362 g/mol. The lowest BCUT2D eigenvalue weighted by atomic mass is 10.1. The molecule has 3 rings (SSSR count). The van der Waals surface area contributed by atoms with Crippen molar-refractivity contribution in [2.45, 2.75) is 39.9 Å². The molecule has 0 aliphatic carbocycles. The SMILES string of the molecule is Cc1nn(Cc2ccccc2Cl)c(C)c1CN(C)C(=O)C(C)n1ccnc1. The predicted molar refractivity (Wildman–Crippen MR) is 106 cm³/mol. The average molecular weight is 386 g/mol. The van der Waals surface area contributed by atoms with Crippen molar-refractivity contribution in [2.75, 3.05) is 7.05 Å². The van der Waals surface area contributed by atoms with Crippen molar-refractivity contribution in [3.05, 3.63) is 70.5 Å². The quantitative estimate of drug-likeness (QED) is 0.651. The molecule has 3 aromatic rings. The molecule has 0 aliphatic rings. The number of carbonyl (C=O) groups is 1. The molecule has 0 fully saturated rings. The van der Waals surface area contributed by atoms with E-state index in [1.54, 1.807) is 28.2 Å². The summed E-state index contributed by atoms with van der Waals surface area (Å²) in [6.07, 6.45) is 5.14. The Hall–Kier alpha value is -2.60. The number of likely N-dealkylation sites (N-methyl/N-ethyl adjacent to an activating group) is 1. The second-order valence-electron chi connectivity index (χ2n) is 6.78. The first kappa shape index (κ1) is 19.2. The van der Waals surface area contributed by atoms with E-state index in [1.165, 1.54) is 0 Å². The van der Waals surface area contributed by atoms with Gasteiger partial charge >= 0.3 is 0 Å². The van der Waals surface area contributed by atoms with Gasteiger partial charge in [0.15, 0.2) is 0 Å². The first-order valence-electron chi connectivity index (χ1n) is 8.87. The molecule has 0 radical (unpaired) electrons. The van der Waals surface area contributed by atoms with E-state index in [9.17, 15) is 4.79 Å². The molecule has 2 heterocycles. The van der Waals surface area contributed by atoms with E-state index in [0.29, 0.717) is 13.1 Å². The highest BCUT2D eigenvalue weighted by Crippen LogP contribution is 2.21. The summed E-state index contributed by atoms with van der Waals surface area (Å²) in [4.78, 5) is 18.5. The van der Waals surface area contributed by atoms with Gasteiger partial charge in [0.2, 0.25) is 5.91 Å². The number of hydrogen-bond donors (Lipinski definition) is 0. The molecule has 142 valence electrons. The van der Waals surface area contributed by atoms with Gasteiger partial charge in [-0.3, -0.25) is 9.48 Å². The van der Waals surface area contributed by atoms with E-state index in [2.05, 4.69) is 10.1 Å². The fourth-order valence-corrected chi connectivity index (χ4v) is 3.36. The Morgan fingerprint density at radius 1 is 1.30 bits per heavy atom. The minimum absolute atomic E-state index is 0.0330. The molecule has 0 saturated carbocycles. The van der Waals surface area contributed by atoms with Gasteiger partial charge in [0.1, 0.15) is 6.04 Å². The van der Waals surface area contributed by atoms with Crippen LogP contribution in [0.25, 0.3) is 0 Å². The van der Waals surface area contributed by atoms with Crippen molar-refractivity contribution in [2.24, 2.45) is 0 Å². The summed E-state index contributed by atoms with van der Waals surface area (Å²) in [7, 11) is 1.82. The summed E-state index contributed by atoms with van der Waals surface area (Å²) in [6, 6.07) is 7.48. The molecule has 0 N–H and O–H groups in total. The summed E-state index contributed by atoms with van der Waals surface area (Å²) in [5, 5.41) is 5.39. The van der Waals surface area contributed by atoms with E-state index in [0.717, 1.165) is 27.5 Å². The van der Waals surface area contributed by atoms with Crippen LogP contribution >= 0.6 is 11.6 Å². The molecule has 7 heteroatoms. The largest absolute Gasteiger partial charge is 0.340 e. The molecule has 1 aromatic carbocycles. The number of carbonyl (C=O) groups excluding carboxylic acids is 1. The van der Waals surface area contributed by atoms with Crippen LogP contribution in [0.15, 0.2) is 43.0 Å². The van der Waals surface area contributed by atoms with Crippen LogP contribution in [0.1, 0.15) is 35.5 Å². The van der Waals surface area contributed by atoms with Gasteiger partial charge in [-0.25, -0.2) is 4.98 Å². The molecule has 0 saturated heterocycles. The highest BCUT2D eigenvalue weighted by Gasteiger charge is 2.21. The van der Waals surface area contributed by atoms with Crippen LogP contribution in [0.4, 0.5) is 0 Å². The maximum absolute atomic E-state index is 12.7. The Balaban J connectivity index is 1.76. The first-order valence-corrected chi connectivity index (χ1v) is 9.25. The molecule has 2 aromatic heterocycles. The summed E-state index contributed by atoms with van der Waals surface area (Å²) in [6.45, 7) is 7.00. The fraction of sp³-hybridized carbons (Fsp3) is 0.350. The second kappa shape index (κ2) is 7.96. The second-order valence-corrected chi connectivity index (χ2v) is 7.19. The topological polar surface area (TPSA) is 56.0 Å². The van der Waals surface area contributed by atoms with Gasteiger partial charge < -0.3 is 9.47 Å². The van der Waals surface area contributed by atoms with Crippen LogP contribution in [0.5, 0.6) is 0 Å². The first-order chi connectivity index (χ1) is 12.9.